The Morgan fingerprint density at radius 1 is 1.25 bits per heavy atom. The molecule has 4 nitrogen and oxygen atoms in total. The second kappa shape index (κ2) is 9.37. The highest BCUT2D eigenvalue weighted by Gasteiger charge is 2.01. The van der Waals surface area contributed by atoms with Gasteiger partial charge in [0.05, 0.1) is 6.61 Å². The van der Waals surface area contributed by atoms with Crippen molar-refractivity contribution in [2.45, 2.75) is 45.1 Å². The van der Waals surface area contributed by atoms with Gasteiger partial charge in [0.2, 0.25) is 0 Å². The van der Waals surface area contributed by atoms with Gasteiger partial charge in [-0.1, -0.05) is 12.1 Å². The summed E-state index contributed by atoms with van der Waals surface area (Å²) in [5, 5.41) is 11.7. The number of ether oxygens (including phenoxy) is 1. The lowest BCUT2D eigenvalue weighted by Crippen LogP contribution is -2.23. The first kappa shape index (κ1) is 16.5. The molecule has 1 aromatic rings. The lowest BCUT2D eigenvalue weighted by molar-refractivity contribution is -0.137. The van der Waals surface area contributed by atoms with Crippen LogP contribution in [0.4, 0.5) is 0 Å². The minimum atomic E-state index is -0.725. The minimum Gasteiger partial charge on any atom is -0.494 e. The fourth-order valence-corrected chi connectivity index (χ4v) is 1.92. The maximum absolute atomic E-state index is 10.3. The van der Waals surface area contributed by atoms with E-state index in [0.717, 1.165) is 31.4 Å². The zero-order valence-corrected chi connectivity index (χ0v) is 12.4. The number of carbonyl (C=O) groups is 1. The fourth-order valence-electron chi connectivity index (χ4n) is 1.92. The molecule has 0 radical (unpaired) electrons. The zero-order chi connectivity index (χ0) is 14.8. The van der Waals surface area contributed by atoms with Gasteiger partial charge in [-0.05, 0) is 57.4 Å². The van der Waals surface area contributed by atoms with Crippen molar-refractivity contribution in [2.75, 3.05) is 13.7 Å². The molecule has 0 aliphatic heterocycles. The van der Waals surface area contributed by atoms with Crippen LogP contribution < -0.4 is 10.1 Å². The van der Waals surface area contributed by atoms with Crippen molar-refractivity contribution >= 4 is 5.97 Å². The van der Waals surface area contributed by atoms with Gasteiger partial charge in [0.1, 0.15) is 5.75 Å². The highest BCUT2D eigenvalue weighted by Crippen LogP contribution is 2.14. The molecule has 0 saturated carbocycles. The molecule has 0 spiro atoms. The monoisotopic (exact) mass is 279 g/mol. The highest BCUT2D eigenvalue weighted by molar-refractivity contribution is 5.66. The van der Waals surface area contributed by atoms with E-state index in [2.05, 4.69) is 24.4 Å². The van der Waals surface area contributed by atoms with Gasteiger partial charge in [-0.15, -0.1) is 0 Å². The summed E-state index contributed by atoms with van der Waals surface area (Å²) in [6.45, 7) is 2.80. The van der Waals surface area contributed by atoms with Crippen LogP contribution in [0.5, 0.6) is 5.75 Å². The van der Waals surface area contributed by atoms with Crippen LogP contribution in [0.2, 0.25) is 0 Å². The van der Waals surface area contributed by atoms with E-state index in [1.165, 1.54) is 5.56 Å². The molecule has 1 atom stereocenters. The number of nitrogens with one attached hydrogen (secondary N) is 1. The summed E-state index contributed by atoms with van der Waals surface area (Å²) < 4.78 is 5.64. The van der Waals surface area contributed by atoms with Gasteiger partial charge in [-0.3, -0.25) is 4.79 Å². The van der Waals surface area contributed by atoms with E-state index < -0.39 is 5.97 Å². The van der Waals surface area contributed by atoms with Gasteiger partial charge >= 0.3 is 5.97 Å². The van der Waals surface area contributed by atoms with Crippen molar-refractivity contribution in [3.63, 3.8) is 0 Å². The third-order valence-corrected chi connectivity index (χ3v) is 3.26. The van der Waals surface area contributed by atoms with E-state index in [-0.39, 0.29) is 6.42 Å². The number of hydrogen-bond donors (Lipinski definition) is 2. The third kappa shape index (κ3) is 7.14. The number of hydrogen-bond acceptors (Lipinski definition) is 3. The Balaban J connectivity index is 2.19. The molecule has 0 saturated heterocycles. The van der Waals surface area contributed by atoms with Crippen LogP contribution in [-0.2, 0) is 11.2 Å². The Kier molecular flexibility index (Phi) is 7.73. The Morgan fingerprint density at radius 3 is 2.55 bits per heavy atom. The lowest BCUT2D eigenvalue weighted by Gasteiger charge is -2.11. The van der Waals surface area contributed by atoms with Gasteiger partial charge in [0, 0.05) is 12.5 Å². The summed E-state index contributed by atoms with van der Waals surface area (Å²) in [5.41, 5.74) is 1.29. The molecule has 0 unspecified atom stereocenters. The number of benzene rings is 1. The largest absolute Gasteiger partial charge is 0.494 e. The van der Waals surface area contributed by atoms with Crippen LogP contribution in [0.3, 0.4) is 0 Å². The molecule has 0 fully saturated rings. The molecule has 1 aromatic carbocycles. The second-order valence-electron chi connectivity index (χ2n) is 5.09. The standard InChI is InChI=1S/C16H25NO3/c1-13(17-2)12-14-7-9-15(10-8-14)20-11-5-3-4-6-16(18)19/h7-10,13,17H,3-6,11-12H2,1-2H3,(H,18,19)/t13-/m1/s1. The van der Waals surface area contributed by atoms with E-state index in [4.69, 9.17) is 9.84 Å². The van der Waals surface area contributed by atoms with Crippen molar-refractivity contribution in [1.82, 2.24) is 5.32 Å². The molecule has 0 heterocycles. The molecule has 4 heteroatoms. The number of aliphatic carboxylic acids is 1. The van der Waals surface area contributed by atoms with Crippen molar-refractivity contribution < 1.29 is 14.6 Å². The van der Waals surface area contributed by atoms with Gasteiger partial charge < -0.3 is 15.2 Å². The van der Waals surface area contributed by atoms with Crippen LogP contribution in [0, 0.1) is 0 Å². The molecule has 20 heavy (non-hydrogen) atoms. The predicted octanol–water partition coefficient (Wildman–Crippen LogP) is 2.86. The zero-order valence-electron chi connectivity index (χ0n) is 12.4. The van der Waals surface area contributed by atoms with Gasteiger partial charge in [0.25, 0.3) is 0 Å². The number of unbranched alkanes of at least 4 members (excludes halogenated alkanes) is 2. The van der Waals surface area contributed by atoms with Crippen molar-refractivity contribution in [3.8, 4) is 5.75 Å². The van der Waals surface area contributed by atoms with E-state index in [1.54, 1.807) is 0 Å². The van der Waals surface area contributed by atoms with Crippen molar-refractivity contribution in [1.29, 1.82) is 0 Å². The summed E-state index contributed by atoms with van der Waals surface area (Å²) in [4.78, 5) is 10.3. The minimum absolute atomic E-state index is 0.248. The van der Waals surface area contributed by atoms with E-state index in [9.17, 15) is 4.79 Å². The van der Waals surface area contributed by atoms with E-state index in [1.807, 2.05) is 19.2 Å². The molecule has 0 bridgehead atoms. The topological polar surface area (TPSA) is 58.6 Å². The van der Waals surface area contributed by atoms with E-state index >= 15 is 0 Å². The van der Waals surface area contributed by atoms with E-state index in [0.29, 0.717) is 12.6 Å². The number of rotatable bonds is 10. The van der Waals surface area contributed by atoms with Crippen LogP contribution in [-0.4, -0.2) is 30.8 Å². The van der Waals surface area contributed by atoms with Gasteiger partial charge in [0.15, 0.2) is 0 Å². The van der Waals surface area contributed by atoms with Crippen LogP contribution in [0.25, 0.3) is 0 Å². The van der Waals surface area contributed by atoms with Crippen molar-refractivity contribution in [2.24, 2.45) is 0 Å². The molecule has 112 valence electrons. The quantitative estimate of drug-likeness (QED) is 0.647. The number of carboxylic acids is 1. The van der Waals surface area contributed by atoms with Gasteiger partial charge in [-0.25, -0.2) is 0 Å². The Morgan fingerprint density at radius 2 is 1.95 bits per heavy atom. The molecular weight excluding hydrogens is 254 g/mol. The molecule has 0 aliphatic carbocycles. The average Bonchev–Trinajstić information content (AvgIpc) is 2.44. The molecular formula is C16H25NO3. The smallest absolute Gasteiger partial charge is 0.303 e. The number of likely N-dealkylation sites (N-methyl/N-ethyl adjacent to an activating group) is 1. The summed E-state index contributed by atoms with van der Waals surface area (Å²) in [7, 11) is 1.96. The maximum atomic E-state index is 10.3. The molecule has 2 N–H and O–H groups in total. The van der Waals surface area contributed by atoms with Crippen LogP contribution >= 0.6 is 0 Å². The van der Waals surface area contributed by atoms with Crippen LogP contribution in [0.15, 0.2) is 24.3 Å². The second-order valence-corrected chi connectivity index (χ2v) is 5.09. The van der Waals surface area contributed by atoms with Gasteiger partial charge in [-0.2, -0.15) is 0 Å². The summed E-state index contributed by atoms with van der Waals surface area (Å²) in [6.07, 6.45) is 3.76. The molecule has 0 aliphatic rings. The lowest BCUT2D eigenvalue weighted by atomic mass is 10.1. The normalized spacial score (nSPS) is 12.1. The molecule has 0 aromatic heterocycles. The number of carboxylic acid groups (broad SMARTS) is 1. The Bertz CT molecular complexity index is 389. The predicted molar refractivity (Wildman–Crippen MR) is 80.3 cm³/mol. The van der Waals surface area contributed by atoms with Crippen molar-refractivity contribution in [3.05, 3.63) is 29.8 Å². The maximum Gasteiger partial charge on any atom is 0.303 e. The Labute approximate surface area is 121 Å². The summed E-state index contributed by atoms with van der Waals surface area (Å²) >= 11 is 0. The highest BCUT2D eigenvalue weighted by atomic mass is 16.5. The molecule has 0 amide bonds. The first-order valence-corrected chi connectivity index (χ1v) is 7.22. The third-order valence-electron chi connectivity index (χ3n) is 3.26. The first-order chi connectivity index (χ1) is 9.61. The summed E-state index contributed by atoms with van der Waals surface area (Å²) in [6, 6.07) is 8.64. The first-order valence-electron chi connectivity index (χ1n) is 7.22. The average molecular weight is 279 g/mol. The summed E-state index contributed by atoms with van der Waals surface area (Å²) in [5.74, 6) is 0.154. The van der Waals surface area contributed by atoms with Crippen LogP contribution in [0.1, 0.15) is 38.2 Å². The Hall–Kier alpha value is -1.55. The fraction of sp³-hybridized carbons (Fsp3) is 0.562. The molecule has 1 rings (SSSR count). The SMILES string of the molecule is CN[C@H](C)Cc1ccc(OCCCCCC(=O)O)cc1.